The Hall–Kier alpha value is -3.24. The molecule has 0 spiro atoms. The highest BCUT2D eigenvalue weighted by atomic mass is 35.5. The number of ketones is 1. The molecule has 0 saturated carbocycles. The maximum atomic E-state index is 15.2. The van der Waals surface area contributed by atoms with Gasteiger partial charge in [-0.2, -0.15) is 5.26 Å². The summed E-state index contributed by atoms with van der Waals surface area (Å²) in [7, 11) is -2.76. The number of carbonyl (C=O) groups excluding carboxylic acids is 2. The fraction of sp³-hybridized carbons (Fsp3) is 0.160. The van der Waals surface area contributed by atoms with Crippen LogP contribution >= 0.6 is 34.8 Å². The van der Waals surface area contributed by atoms with Crippen molar-refractivity contribution in [1.82, 2.24) is 4.72 Å². The number of rotatable bonds is 11. The van der Waals surface area contributed by atoms with E-state index in [0.29, 0.717) is 0 Å². The van der Waals surface area contributed by atoms with Gasteiger partial charge in [0.25, 0.3) is 0 Å². The van der Waals surface area contributed by atoms with Gasteiger partial charge in [0.05, 0.1) is 45.2 Å². The molecule has 0 bridgehead atoms. The molecule has 1 amide bonds. The summed E-state index contributed by atoms with van der Waals surface area (Å²) in [6.45, 7) is -0.722. The highest BCUT2D eigenvalue weighted by Gasteiger charge is 2.20. The first-order valence-corrected chi connectivity index (χ1v) is 13.5. The van der Waals surface area contributed by atoms with Crippen molar-refractivity contribution in [2.45, 2.75) is 11.3 Å². The fourth-order valence-electron chi connectivity index (χ4n) is 3.21. The van der Waals surface area contributed by atoms with Crippen LogP contribution in [0.25, 0.3) is 0 Å². The van der Waals surface area contributed by atoms with Gasteiger partial charge in [-0.3, -0.25) is 9.59 Å². The standard InChI is InChI=1S/C25H19Cl3FN3O6S/c1-37-13-17(33)12-31-39(35,36)19-3-5-22(21(28)10-19)32-23(34)8-15-2-4-20(27)25(24(15)29)38-18-7-14(11-30)6-16(26)9-18/h2-7,9-10,31H,8,12-13H2,1H3,(H,32,34). The van der Waals surface area contributed by atoms with Crippen LogP contribution in [-0.2, 0) is 30.8 Å². The number of ether oxygens (including phenoxy) is 2. The van der Waals surface area contributed by atoms with E-state index in [1.54, 1.807) is 0 Å². The SMILES string of the molecule is COCC(=O)CNS(=O)(=O)c1ccc(NC(=O)Cc2ccc(Cl)c(Oc3cc(Cl)cc(C#N)c3)c2F)c(Cl)c1. The Kier molecular flexibility index (Phi) is 10.3. The first-order valence-electron chi connectivity index (χ1n) is 10.9. The van der Waals surface area contributed by atoms with Gasteiger partial charge in [0.1, 0.15) is 12.4 Å². The van der Waals surface area contributed by atoms with Gasteiger partial charge in [-0.25, -0.2) is 17.5 Å². The molecule has 9 nitrogen and oxygen atoms in total. The third kappa shape index (κ3) is 8.12. The van der Waals surface area contributed by atoms with Crippen molar-refractivity contribution < 1.29 is 31.9 Å². The van der Waals surface area contributed by atoms with E-state index < -0.39 is 40.5 Å². The van der Waals surface area contributed by atoms with Crippen molar-refractivity contribution in [2.24, 2.45) is 0 Å². The smallest absolute Gasteiger partial charge is 0.241 e. The largest absolute Gasteiger partial charge is 0.453 e. The molecule has 0 aliphatic carbocycles. The summed E-state index contributed by atoms with van der Waals surface area (Å²) in [4.78, 5) is 23.9. The van der Waals surface area contributed by atoms with Gasteiger partial charge in [-0.05, 0) is 42.5 Å². The Morgan fingerprint density at radius 2 is 1.79 bits per heavy atom. The van der Waals surface area contributed by atoms with Gasteiger partial charge in [-0.15, -0.1) is 0 Å². The Morgan fingerprint density at radius 3 is 2.46 bits per heavy atom. The molecule has 39 heavy (non-hydrogen) atoms. The number of carbonyl (C=O) groups is 2. The van der Waals surface area contributed by atoms with Crippen LogP contribution in [0.2, 0.25) is 15.1 Å². The molecule has 204 valence electrons. The van der Waals surface area contributed by atoms with E-state index in [1.165, 1.54) is 49.6 Å². The number of halogens is 4. The van der Waals surface area contributed by atoms with Crippen LogP contribution in [0.3, 0.4) is 0 Å². The number of sulfonamides is 1. The Balaban J connectivity index is 1.73. The molecular formula is C25H19Cl3FN3O6S. The van der Waals surface area contributed by atoms with Crippen molar-refractivity contribution in [2.75, 3.05) is 25.6 Å². The summed E-state index contributed by atoms with van der Waals surface area (Å²) in [6.07, 6.45) is -0.447. The molecule has 0 aliphatic heterocycles. The number of anilines is 1. The molecule has 0 aliphatic rings. The Labute approximate surface area is 238 Å². The third-order valence-electron chi connectivity index (χ3n) is 4.99. The van der Waals surface area contributed by atoms with E-state index >= 15 is 4.39 Å². The first-order chi connectivity index (χ1) is 18.4. The predicted molar refractivity (Wildman–Crippen MR) is 144 cm³/mol. The highest BCUT2D eigenvalue weighted by molar-refractivity contribution is 7.89. The molecule has 2 N–H and O–H groups in total. The van der Waals surface area contributed by atoms with Gasteiger partial charge in [0.15, 0.2) is 17.3 Å². The van der Waals surface area contributed by atoms with E-state index in [-0.39, 0.29) is 54.9 Å². The number of nitrogens with zero attached hydrogens (tertiary/aromatic N) is 1. The van der Waals surface area contributed by atoms with E-state index in [9.17, 15) is 18.0 Å². The molecule has 0 fully saturated rings. The van der Waals surface area contributed by atoms with Crippen molar-refractivity contribution in [3.05, 3.63) is 80.5 Å². The van der Waals surface area contributed by atoms with Crippen LogP contribution < -0.4 is 14.8 Å². The predicted octanol–water partition coefficient (Wildman–Crippen LogP) is 5.12. The zero-order valence-corrected chi connectivity index (χ0v) is 23.1. The van der Waals surface area contributed by atoms with Gasteiger partial charge >= 0.3 is 0 Å². The lowest BCUT2D eigenvalue weighted by Gasteiger charge is -2.13. The maximum Gasteiger partial charge on any atom is 0.241 e. The normalized spacial score (nSPS) is 11.1. The quantitative estimate of drug-likeness (QED) is 0.306. The van der Waals surface area contributed by atoms with E-state index in [4.69, 9.17) is 44.8 Å². The first kappa shape index (κ1) is 30.3. The van der Waals surface area contributed by atoms with Crippen LogP contribution in [0.5, 0.6) is 11.5 Å². The van der Waals surface area contributed by atoms with Crippen LogP contribution in [0.1, 0.15) is 11.1 Å². The number of benzene rings is 3. The summed E-state index contributed by atoms with van der Waals surface area (Å²) >= 11 is 18.2. The Morgan fingerprint density at radius 1 is 1.05 bits per heavy atom. The third-order valence-corrected chi connectivity index (χ3v) is 7.22. The molecule has 0 aromatic heterocycles. The lowest BCUT2D eigenvalue weighted by molar-refractivity contribution is -0.121. The second-order valence-corrected chi connectivity index (χ2v) is 10.9. The molecule has 3 aromatic carbocycles. The Bertz CT molecular complexity index is 1580. The summed E-state index contributed by atoms with van der Waals surface area (Å²) in [6, 6.07) is 12.2. The second kappa shape index (κ2) is 13.2. The average Bonchev–Trinajstić information content (AvgIpc) is 2.88. The van der Waals surface area contributed by atoms with Crippen LogP contribution in [0.4, 0.5) is 10.1 Å². The molecule has 3 aromatic rings. The van der Waals surface area contributed by atoms with E-state index in [1.807, 2.05) is 6.07 Å². The topological polar surface area (TPSA) is 135 Å². The fourth-order valence-corrected chi connectivity index (χ4v) is 4.95. The number of hydrogen-bond acceptors (Lipinski definition) is 7. The summed E-state index contributed by atoms with van der Waals surface area (Å²) < 4.78 is 52.4. The molecule has 0 radical (unpaired) electrons. The summed E-state index contributed by atoms with van der Waals surface area (Å²) in [5.41, 5.74) is 0.204. The monoisotopic (exact) mass is 613 g/mol. The highest BCUT2D eigenvalue weighted by Crippen LogP contribution is 2.35. The van der Waals surface area contributed by atoms with Gasteiger partial charge in [0, 0.05) is 17.7 Å². The summed E-state index contributed by atoms with van der Waals surface area (Å²) in [5.74, 6) is -2.34. The number of methoxy groups -OCH3 is 1. The number of Topliss-reactive ketones (excluding diaryl/α,β-unsaturated/α-hetero) is 1. The number of nitrogens with one attached hydrogen (secondary N) is 2. The van der Waals surface area contributed by atoms with Crippen LogP contribution in [0.15, 0.2) is 53.4 Å². The van der Waals surface area contributed by atoms with Crippen LogP contribution in [0, 0.1) is 17.1 Å². The van der Waals surface area contributed by atoms with Gasteiger partial charge in [-0.1, -0.05) is 40.9 Å². The van der Waals surface area contributed by atoms with Crippen molar-refractivity contribution in [3.63, 3.8) is 0 Å². The number of hydrogen-bond donors (Lipinski definition) is 2. The van der Waals surface area contributed by atoms with Gasteiger partial charge in [0.2, 0.25) is 15.9 Å². The molecule has 0 heterocycles. The average molecular weight is 615 g/mol. The van der Waals surface area contributed by atoms with E-state index in [0.717, 1.165) is 6.07 Å². The van der Waals surface area contributed by atoms with Crippen molar-refractivity contribution in [3.8, 4) is 17.6 Å². The molecule has 0 unspecified atom stereocenters. The van der Waals surface area contributed by atoms with Crippen LogP contribution in [-0.4, -0.2) is 40.4 Å². The molecule has 14 heteroatoms. The minimum Gasteiger partial charge on any atom is -0.453 e. The van der Waals surface area contributed by atoms with Crippen molar-refractivity contribution in [1.29, 1.82) is 5.26 Å². The molecular weight excluding hydrogens is 596 g/mol. The van der Waals surface area contributed by atoms with E-state index in [2.05, 4.69) is 14.8 Å². The zero-order chi connectivity index (χ0) is 28.7. The number of nitriles is 1. The minimum atomic E-state index is -4.06. The second-order valence-electron chi connectivity index (χ2n) is 7.90. The number of amides is 1. The van der Waals surface area contributed by atoms with Gasteiger partial charge < -0.3 is 14.8 Å². The zero-order valence-electron chi connectivity index (χ0n) is 20.1. The molecule has 3 rings (SSSR count). The lowest BCUT2D eigenvalue weighted by Crippen LogP contribution is -2.31. The summed E-state index contributed by atoms with van der Waals surface area (Å²) in [5, 5.41) is 11.6. The lowest BCUT2D eigenvalue weighted by atomic mass is 10.1. The minimum absolute atomic E-state index is 0.0605. The molecule has 0 saturated heterocycles. The van der Waals surface area contributed by atoms with Crippen molar-refractivity contribution >= 4 is 62.2 Å². The maximum absolute atomic E-state index is 15.2. The molecule has 0 atom stereocenters.